The highest BCUT2D eigenvalue weighted by Crippen LogP contribution is 2.69. The molecule has 0 radical (unpaired) electrons. The molecule has 0 unspecified atom stereocenters. The average Bonchev–Trinajstić information content (AvgIpc) is 3.45. The number of ketones is 2. The van der Waals surface area contributed by atoms with Crippen LogP contribution < -0.4 is 0 Å². The van der Waals surface area contributed by atoms with E-state index >= 15 is 0 Å². The summed E-state index contributed by atoms with van der Waals surface area (Å²) in [5.74, 6) is -3.14. The van der Waals surface area contributed by atoms with Crippen molar-refractivity contribution in [3.63, 3.8) is 0 Å². The smallest absolute Gasteiger partial charge is 0.332 e. The van der Waals surface area contributed by atoms with E-state index in [0.717, 1.165) is 0 Å². The van der Waals surface area contributed by atoms with E-state index in [9.17, 15) is 19.2 Å². The van der Waals surface area contributed by atoms with Gasteiger partial charge in [-0.2, -0.15) is 0 Å². The average molecular weight is 442 g/mol. The Morgan fingerprint density at radius 2 is 1.69 bits per heavy atom. The first-order chi connectivity index (χ1) is 14.9. The van der Waals surface area contributed by atoms with Crippen molar-refractivity contribution in [1.82, 2.24) is 0 Å². The molecule has 0 N–H and O–H groups in total. The van der Waals surface area contributed by atoms with Gasteiger partial charge in [0.05, 0.1) is 12.0 Å². The van der Waals surface area contributed by atoms with Crippen molar-refractivity contribution >= 4 is 23.5 Å². The number of esters is 2. The van der Waals surface area contributed by atoms with Gasteiger partial charge in [0.15, 0.2) is 11.6 Å². The van der Waals surface area contributed by atoms with Crippen LogP contribution in [0.1, 0.15) is 41.0 Å². The van der Waals surface area contributed by atoms with E-state index in [1.54, 1.807) is 27.7 Å². The summed E-state index contributed by atoms with van der Waals surface area (Å²) in [7, 11) is 0. The van der Waals surface area contributed by atoms with Gasteiger partial charge in [0, 0.05) is 40.4 Å². The van der Waals surface area contributed by atoms with Crippen LogP contribution in [-0.4, -0.2) is 53.7 Å². The number of hydrogen-bond acceptors (Lipinski definition) is 8. The van der Waals surface area contributed by atoms with E-state index in [1.807, 2.05) is 6.92 Å². The lowest BCUT2D eigenvalue weighted by atomic mass is 9.45. The van der Waals surface area contributed by atoms with Crippen LogP contribution in [-0.2, 0) is 38.1 Å². The first kappa shape index (κ1) is 20.3. The SMILES string of the molecule is C[C@H]1O[C@H]2OC(=O)[C@@]3(C)C[C@H]4[C@@](C)(C(=O)C=C5C(=CC(=O)OC5(C)C)[C@]45CO5)[C@@H](C1=O)[C@@H]23. The predicted octanol–water partition coefficient (Wildman–Crippen LogP) is 1.66. The van der Waals surface area contributed by atoms with Crippen molar-refractivity contribution in [2.75, 3.05) is 6.61 Å². The Hall–Kier alpha value is -2.32. The summed E-state index contributed by atoms with van der Waals surface area (Å²) in [6.45, 7) is 9.04. The van der Waals surface area contributed by atoms with E-state index in [0.29, 0.717) is 24.2 Å². The van der Waals surface area contributed by atoms with Gasteiger partial charge in [-0.3, -0.25) is 14.4 Å². The first-order valence-corrected chi connectivity index (χ1v) is 11.1. The molecule has 8 heteroatoms. The van der Waals surface area contributed by atoms with Gasteiger partial charge in [0.2, 0.25) is 6.29 Å². The highest BCUT2D eigenvalue weighted by atomic mass is 16.7. The summed E-state index contributed by atoms with van der Waals surface area (Å²) in [4.78, 5) is 53.1. The summed E-state index contributed by atoms with van der Waals surface area (Å²) in [5.41, 5.74) is -2.88. The Morgan fingerprint density at radius 3 is 2.34 bits per heavy atom. The van der Waals surface area contributed by atoms with E-state index in [2.05, 4.69) is 0 Å². The molecule has 3 saturated heterocycles. The van der Waals surface area contributed by atoms with Crippen LogP contribution in [0.15, 0.2) is 23.3 Å². The molecule has 0 aromatic rings. The Bertz CT molecular complexity index is 1080. The second-order valence-electron chi connectivity index (χ2n) is 11.0. The van der Waals surface area contributed by atoms with Gasteiger partial charge in [-0.25, -0.2) is 4.79 Å². The third-order valence-corrected chi connectivity index (χ3v) is 8.96. The Balaban J connectivity index is 1.62. The molecular formula is C24H26O8. The topological polar surface area (TPSA) is 108 Å². The van der Waals surface area contributed by atoms with Crippen LogP contribution in [0.3, 0.4) is 0 Å². The summed E-state index contributed by atoms with van der Waals surface area (Å²) in [6, 6.07) is 0. The van der Waals surface area contributed by atoms with Crippen molar-refractivity contribution < 1.29 is 38.1 Å². The van der Waals surface area contributed by atoms with E-state index < -0.39 is 64.1 Å². The zero-order chi connectivity index (χ0) is 23.0. The molecule has 1 saturated carbocycles. The van der Waals surface area contributed by atoms with Gasteiger partial charge in [0.1, 0.15) is 17.3 Å². The number of carbonyl (C=O) groups excluding carboxylic acids is 4. The Kier molecular flexibility index (Phi) is 3.55. The number of fused-ring (bicyclic) bond motifs is 5. The molecule has 4 fully saturated rings. The van der Waals surface area contributed by atoms with Gasteiger partial charge in [0.25, 0.3) is 0 Å². The molecule has 1 spiro atoms. The first-order valence-electron chi connectivity index (χ1n) is 11.1. The fraction of sp³-hybridized carbons (Fsp3) is 0.667. The molecule has 6 rings (SSSR count). The molecule has 0 amide bonds. The second-order valence-corrected chi connectivity index (χ2v) is 11.0. The monoisotopic (exact) mass is 442 g/mol. The van der Waals surface area contributed by atoms with Crippen molar-refractivity contribution in [3.8, 4) is 0 Å². The molecular weight excluding hydrogens is 416 g/mol. The number of carbonyl (C=O) groups is 4. The Labute approximate surface area is 185 Å². The number of hydrogen-bond donors (Lipinski definition) is 0. The Morgan fingerprint density at radius 1 is 1.00 bits per heavy atom. The van der Waals surface area contributed by atoms with Crippen molar-refractivity contribution in [2.45, 2.75) is 64.6 Å². The number of rotatable bonds is 0. The third kappa shape index (κ3) is 2.11. The molecule has 8 atom stereocenters. The van der Waals surface area contributed by atoms with Crippen LogP contribution in [0.2, 0.25) is 0 Å². The number of cyclic esters (lactones) is 1. The zero-order valence-electron chi connectivity index (χ0n) is 18.7. The lowest BCUT2D eigenvalue weighted by Gasteiger charge is -2.56. The molecule has 170 valence electrons. The normalized spacial score (nSPS) is 50.3. The lowest BCUT2D eigenvalue weighted by Crippen LogP contribution is -2.65. The van der Waals surface area contributed by atoms with Crippen LogP contribution in [0, 0.1) is 28.6 Å². The molecule has 4 heterocycles. The summed E-state index contributed by atoms with van der Waals surface area (Å²) in [6.07, 6.45) is 1.58. The maximum Gasteiger partial charge on any atom is 0.332 e. The predicted molar refractivity (Wildman–Crippen MR) is 107 cm³/mol. The minimum atomic E-state index is -1.15. The maximum absolute atomic E-state index is 14.0. The minimum Gasteiger partial charge on any atom is -0.452 e. The van der Waals surface area contributed by atoms with Gasteiger partial charge < -0.3 is 18.9 Å². The van der Waals surface area contributed by atoms with E-state index in [-0.39, 0.29) is 11.6 Å². The summed E-state index contributed by atoms with van der Waals surface area (Å²) < 4.78 is 23.0. The molecule has 6 aliphatic rings. The fourth-order valence-corrected chi connectivity index (χ4v) is 7.17. The third-order valence-electron chi connectivity index (χ3n) is 8.96. The molecule has 0 bridgehead atoms. The van der Waals surface area contributed by atoms with E-state index in [1.165, 1.54) is 12.2 Å². The minimum absolute atomic E-state index is 0.198. The number of epoxide rings is 1. The van der Waals surface area contributed by atoms with Crippen molar-refractivity contribution in [1.29, 1.82) is 0 Å². The van der Waals surface area contributed by atoms with Gasteiger partial charge in [-0.15, -0.1) is 0 Å². The summed E-state index contributed by atoms with van der Waals surface area (Å²) >= 11 is 0. The van der Waals surface area contributed by atoms with Crippen molar-refractivity contribution in [2.24, 2.45) is 28.6 Å². The van der Waals surface area contributed by atoms with Crippen LogP contribution in [0.5, 0.6) is 0 Å². The van der Waals surface area contributed by atoms with Crippen LogP contribution in [0.4, 0.5) is 0 Å². The lowest BCUT2D eigenvalue weighted by molar-refractivity contribution is -0.221. The highest BCUT2D eigenvalue weighted by Gasteiger charge is 2.77. The molecule has 2 aliphatic carbocycles. The fourth-order valence-electron chi connectivity index (χ4n) is 7.17. The van der Waals surface area contributed by atoms with Gasteiger partial charge in [-0.05, 0) is 40.2 Å². The largest absolute Gasteiger partial charge is 0.452 e. The zero-order valence-corrected chi connectivity index (χ0v) is 18.7. The second kappa shape index (κ2) is 5.59. The van der Waals surface area contributed by atoms with E-state index in [4.69, 9.17) is 18.9 Å². The van der Waals surface area contributed by atoms with Crippen molar-refractivity contribution in [3.05, 3.63) is 23.3 Å². The molecule has 32 heavy (non-hydrogen) atoms. The molecule has 0 aromatic heterocycles. The maximum atomic E-state index is 14.0. The van der Waals surface area contributed by atoms with Gasteiger partial charge in [-0.1, -0.05) is 6.92 Å². The van der Waals surface area contributed by atoms with Gasteiger partial charge >= 0.3 is 11.9 Å². The molecule has 0 aromatic carbocycles. The summed E-state index contributed by atoms with van der Waals surface area (Å²) in [5, 5.41) is 0. The van der Waals surface area contributed by atoms with Crippen LogP contribution in [0.25, 0.3) is 0 Å². The number of ether oxygens (including phenoxy) is 4. The highest BCUT2D eigenvalue weighted by molar-refractivity contribution is 6.04. The molecule has 8 nitrogen and oxygen atoms in total. The number of Topliss-reactive ketones (excluding diaryl/α,β-unsaturated/α-hetero) is 1. The van der Waals surface area contributed by atoms with Crippen LogP contribution >= 0.6 is 0 Å². The quantitative estimate of drug-likeness (QED) is 0.412. The number of allylic oxidation sites excluding steroid dienone is 1. The standard InChI is InChI=1S/C24H26O8/c1-10-18(27)16-17-19(30-10)31-20(28)22(17,4)8-13-23(16,5)14(25)6-11-12(24(13)9-29-24)7-15(26)32-21(11,2)3/h6-7,10,13,16-17,19H,8-9H2,1-5H3/t10-,13+,16-,17+,19+,22+,23+,24-/m1/s1. The molecule has 4 aliphatic heterocycles.